The molecule has 1 saturated carbocycles. The molecule has 14 heavy (non-hydrogen) atoms. The van der Waals surface area contributed by atoms with Gasteiger partial charge in [0.2, 0.25) is 0 Å². The minimum absolute atomic E-state index is 0.110. The van der Waals surface area contributed by atoms with Gasteiger partial charge in [-0.1, -0.05) is 25.1 Å². The maximum absolute atomic E-state index is 13.2. The van der Waals surface area contributed by atoms with Crippen LogP contribution >= 0.6 is 0 Å². The molecule has 0 atom stereocenters. The van der Waals surface area contributed by atoms with E-state index in [1.165, 1.54) is 18.9 Å². The number of hydrogen-bond acceptors (Lipinski definition) is 1. The number of rotatable bonds is 4. The summed E-state index contributed by atoms with van der Waals surface area (Å²) < 4.78 is 13.2. The second kappa shape index (κ2) is 3.70. The molecule has 0 aliphatic heterocycles. The van der Waals surface area contributed by atoms with Crippen LogP contribution < -0.4 is 5.32 Å². The molecule has 1 aromatic carbocycles. The van der Waals surface area contributed by atoms with Crippen LogP contribution in [0.2, 0.25) is 0 Å². The molecule has 0 unspecified atom stereocenters. The molecule has 1 aromatic rings. The van der Waals surface area contributed by atoms with Gasteiger partial charge in [0.05, 0.1) is 0 Å². The van der Waals surface area contributed by atoms with Gasteiger partial charge in [-0.05, 0) is 24.3 Å². The van der Waals surface area contributed by atoms with Gasteiger partial charge < -0.3 is 5.32 Å². The Morgan fingerprint density at radius 1 is 1.36 bits per heavy atom. The summed E-state index contributed by atoms with van der Waals surface area (Å²) >= 11 is 0. The van der Waals surface area contributed by atoms with Gasteiger partial charge in [-0.25, -0.2) is 4.39 Å². The maximum Gasteiger partial charge on any atom is 0.127 e. The van der Waals surface area contributed by atoms with Crippen LogP contribution in [0.25, 0.3) is 0 Å². The zero-order valence-electron chi connectivity index (χ0n) is 8.52. The molecule has 0 amide bonds. The molecule has 1 aliphatic carbocycles. The summed E-state index contributed by atoms with van der Waals surface area (Å²) in [6, 6.07) is 6.94. The van der Waals surface area contributed by atoms with Crippen LogP contribution in [0.4, 0.5) is 4.39 Å². The normalized spacial score (nSPS) is 18.1. The fraction of sp³-hybridized carbons (Fsp3) is 0.500. The highest BCUT2D eigenvalue weighted by atomic mass is 19.1. The fourth-order valence-electron chi connectivity index (χ4n) is 1.53. The van der Waals surface area contributed by atoms with Crippen LogP contribution in [0.15, 0.2) is 24.3 Å². The van der Waals surface area contributed by atoms with Crippen LogP contribution in [0.3, 0.4) is 0 Å². The van der Waals surface area contributed by atoms with E-state index >= 15 is 0 Å². The van der Waals surface area contributed by atoms with Crippen LogP contribution in [0.5, 0.6) is 0 Å². The van der Waals surface area contributed by atoms with Gasteiger partial charge in [0.15, 0.2) is 0 Å². The summed E-state index contributed by atoms with van der Waals surface area (Å²) in [7, 11) is 0. The third-order valence-electron chi connectivity index (χ3n) is 2.93. The molecule has 1 fully saturated rings. The Labute approximate surface area is 84.3 Å². The minimum atomic E-state index is -0.110. The number of halogens is 1. The standard InChI is InChI=1S/C12H16FN/c1-12(6-7-12)9-14-8-10-4-2-3-5-11(10)13/h2-5,14H,6-9H2,1H3. The van der Waals surface area contributed by atoms with Crippen molar-refractivity contribution in [2.75, 3.05) is 6.54 Å². The Hall–Kier alpha value is -0.890. The van der Waals surface area contributed by atoms with Crippen molar-refractivity contribution in [2.45, 2.75) is 26.3 Å². The first-order valence-corrected chi connectivity index (χ1v) is 5.14. The Bertz CT molecular complexity index is 318. The third-order valence-corrected chi connectivity index (χ3v) is 2.93. The van der Waals surface area contributed by atoms with Crippen molar-refractivity contribution in [3.8, 4) is 0 Å². The Morgan fingerprint density at radius 2 is 2.07 bits per heavy atom. The minimum Gasteiger partial charge on any atom is -0.312 e. The molecule has 0 heterocycles. The van der Waals surface area contributed by atoms with Gasteiger partial charge in [-0.3, -0.25) is 0 Å². The summed E-state index contributed by atoms with van der Waals surface area (Å²) in [6.07, 6.45) is 2.61. The second-order valence-electron chi connectivity index (χ2n) is 4.51. The largest absolute Gasteiger partial charge is 0.312 e. The van der Waals surface area contributed by atoms with Gasteiger partial charge in [-0.2, -0.15) is 0 Å². The molecule has 76 valence electrons. The van der Waals surface area contributed by atoms with Gasteiger partial charge in [-0.15, -0.1) is 0 Å². The van der Waals surface area contributed by atoms with Crippen LogP contribution in [0.1, 0.15) is 25.3 Å². The molecule has 0 aromatic heterocycles. The summed E-state index contributed by atoms with van der Waals surface area (Å²) in [4.78, 5) is 0. The van der Waals surface area contributed by atoms with Crippen LogP contribution in [-0.2, 0) is 6.54 Å². The molecular weight excluding hydrogens is 177 g/mol. The van der Waals surface area contributed by atoms with Crippen molar-refractivity contribution in [3.05, 3.63) is 35.6 Å². The Morgan fingerprint density at radius 3 is 2.71 bits per heavy atom. The van der Waals surface area contributed by atoms with E-state index in [0.29, 0.717) is 12.0 Å². The zero-order chi connectivity index (χ0) is 10.0. The quantitative estimate of drug-likeness (QED) is 0.775. The first kappa shape index (κ1) is 9.66. The summed E-state index contributed by atoms with van der Waals surface area (Å²) in [5.41, 5.74) is 1.25. The highest BCUT2D eigenvalue weighted by Crippen LogP contribution is 2.44. The van der Waals surface area contributed by atoms with Gasteiger partial charge in [0, 0.05) is 18.7 Å². The molecule has 2 heteroatoms. The SMILES string of the molecule is CC1(CNCc2ccccc2F)CC1. The van der Waals surface area contributed by atoms with Crippen molar-refractivity contribution in [1.82, 2.24) is 5.32 Å². The monoisotopic (exact) mass is 193 g/mol. The van der Waals surface area contributed by atoms with Gasteiger partial charge in [0.25, 0.3) is 0 Å². The van der Waals surface area contributed by atoms with E-state index in [1.54, 1.807) is 6.07 Å². The van der Waals surface area contributed by atoms with Crippen molar-refractivity contribution < 1.29 is 4.39 Å². The molecule has 0 radical (unpaired) electrons. The molecule has 1 nitrogen and oxygen atoms in total. The number of nitrogens with one attached hydrogen (secondary N) is 1. The molecule has 2 rings (SSSR count). The zero-order valence-corrected chi connectivity index (χ0v) is 8.52. The van der Waals surface area contributed by atoms with E-state index in [1.807, 2.05) is 12.1 Å². The molecular formula is C12H16FN. The third kappa shape index (κ3) is 2.32. The lowest BCUT2D eigenvalue weighted by molar-refractivity contribution is 0.491. The summed E-state index contributed by atoms with van der Waals surface area (Å²) in [5, 5.41) is 3.30. The van der Waals surface area contributed by atoms with Crippen molar-refractivity contribution >= 4 is 0 Å². The molecule has 0 saturated heterocycles. The molecule has 0 spiro atoms. The van der Waals surface area contributed by atoms with E-state index < -0.39 is 0 Å². The average molecular weight is 193 g/mol. The number of hydrogen-bond donors (Lipinski definition) is 1. The predicted molar refractivity (Wildman–Crippen MR) is 55.4 cm³/mol. The van der Waals surface area contributed by atoms with Crippen molar-refractivity contribution in [2.24, 2.45) is 5.41 Å². The van der Waals surface area contributed by atoms with Gasteiger partial charge in [0.1, 0.15) is 5.82 Å². The smallest absolute Gasteiger partial charge is 0.127 e. The fourth-order valence-corrected chi connectivity index (χ4v) is 1.53. The molecule has 0 bridgehead atoms. The first-order chi connectivity index (χ1) is 6.70. The van der Waals surface area contributed by atoms with Gasteiger partial charge >= 0.3 is 0 Å². The lowest BCUT2D eigenvalue weighted by Gasteiger charge is -2.10. The highest BCUT2D eigenvalue weighted by Gasteiger charge is 2.36. The Kier molecular flexibility index (Phi) is 2.55. The van der Waals surface area contributed by atoms with Crippen molar-refractivity contribution in [3.63, 3.8) is 0 Å². The molecule has 1 N–H and O–H groups in total. The van der Waals surface area contributed by atoms with E-state index in [9.17, 15) is 4.39 Å². The lowest BCUT2D eigenvalue weighted by atomic mass is 10.1. The van der Waals surface area contributed by atoms with Crippen molar-refractivity contribution in [1.29, 1.82) is 0 Å². The number of benzene rings is 1. The molecule has 1 aliphatic rings. The summed E-state index contributed by atoms with van der Waals surface area (Å²) in [6.45, 7) is 3.91. The van der Waals surface area contributed by atoms with E-state index in [-0.39, 0.29) is 5.82 Å². The van der Waals surface area contributed by atoms with Crippen LogP contribution in [0, 0.1) is 11.2 Å². The maximum atomic E-state index is 13.2. The highest BCUT2D eigenvalue weighted by molar-refractivity contribution is 5.17. The predicted octanol–water partition coefficient (Wildman–Crippen LogP) is 2.72. The van der Waals surface area contributed by atoms with E-state index in [2.05, 4.69) is 12.2 Å². The first-order valence-electron chi connectivity index (χ1n) is 5.14. The Balaban J connectivity index is 1.83. The summed E-state index contributed by atoms with van der Waals surface area (Å²) in [5.74, 6) is -0.110. The lowest BCUT2D eigenvalue weighted by Crippen LogP contribution is -2.21. The average Bonchev–Trinajstić information content (AvgIpc) is 2.88. The topological polar surface area (TPSA) is 12.0 Å². The van der Waals surface area contributed by atoms with E-state index in [4.69, 9.17) is 0 Å². The second-order valence-corrected chi connectivity index (χ2v) is 4.51. The van der Waals surface area contributed by atoms with Crippen LogP contribution in [-0.4, -0.2) is 6.54 Å². The van der Waals surface area contributed by atoms with E-state index in [0.717, 1.165) is 12.1 Å².